The van der Waals surface area contributed by atoms with Crippen molar-refractivity contribution in [3.63, 3.8) is 0 Å². The molecule has 0 heterocycles. The van der Waals surface area contributed by atoms with Gasteiger partial charge < -0.3 is 15.2 Å². The lowest BCUT2D eigenvalue weighted by Gasteiger charge is -2.16. The highest BCUT2D eigenvalue weighted by atomic mass is 127. The molecule has 0 aromatic heterocycles. The third-order valence-electron chi connectivity index (χ3n) is 6.53. The Bertz CT molecular complexity index is 1290. The van der Waals surface area contributed by atoms with Crippen molar-refractivity contribution in [3.05, 3.63) is 87.0 Å². The van der Waals surface area contributed by atoms with Gasteiger partial charge in [0.05, 0.1) is 17.6 Å². The normalized spacial score (nSPS) is 15.0. The summed E-state index contributed by atoms with van der Waals surface area (Å²) < 4.78 is 6.27. The van der Waals surface area contributed by atoms with E-state index in [9.17, 15) is 14.4 Å². The third-order valence-corrected chi connectivity index (χ3v) is 7.43. The van der Waals surface area contributed by atoms with Crippen LogP contribution in [0, 0.1) is 3.57 Å². The van der Waals surface area contributed by atoms with Crippen LogP contribution in [0.1, 0.15) is 46.7 Å². The van der Waals surface area contributed by atoms with Gasteiger partial charge in [-0.1, -0.05) is 48.5 Å². The predicted molar refractivity (Wildman–Crippen MR) is 140 cm³/mol. The van der Waals surface area contributed by atoms with Crippen LogP contribution in [-0.2, 0) is 9.53 Å². The first-order valence-electron chi connectivity index (χ1n) is 11.3. The molecule has 5 rings (SSSR count). The molecule has 0 aliphatic heterocycles. The molecule has 0 bridgehead atoms. The number of carbonyl (C=O) groups is 3. The molecule has 35 heavy (non-hydrogen) atoms. The number of carbonyl (C=O) groups excluding carboxylic acids is 2. The summed E-state index contributed by atoms with van der Waals surface area (Å²) in [7, 11) is 0. The smallest absolute Gasteiger partial charge is 0.411 e. The van der Waals surface area contributed by atoms with E-state index in [-0.39, 0.29) is 24.9 Å². The van der Waals surface area contributed by atoms with Crippen molar-refractivity contribution in [2.45, 2.75) is 30.7 Å². The van der Waals surface area contributed by atoms with E-state index in [1.807, 2.05) is 46.9 Å². The number of halogens is 1. The molecule has 0 atom stereocenters. The maximum Gasteiger partial charge on any atom is 0.411 e. The Hall–Kier alpha value is -3.40. The first-order chi connectivity index (χ1) is 16.8. The van der Waals surface area contributed by atoms with Crippen LogP contribution in [0.25, 0.3) is 11.1 Å². The fourth-order valence-corrected chi connectivity index (χ4v) is 5.25. The zero-order valence-corrected chi connectivity index (χ0v) is 20.9. The molecule has 0 unspecified atom stereocenters. The molecule has 1 saturated carbocycles. The average Bonchev–Trinajstić information content (AvgIpc) is 3.50. The van der Waals surface area contributed by atoms with Crippen LogP contribution in [0.3, 0.4) is 0 Å². The molecule has 0 radical (unpaired) electrons. The monoisotopic (exact) mass is 582 g/mol. The van der Waals surface area contributed by atoms with E-state index in [0.29, 0.717) is 27.7 Å². The highest BCUT2D eigenvalue weighted by Crippen LogP contribution is 2.44. The quantitative estimate of drug-likeness (QED) is 0.324. The Balaban J connectivity index is 1.22. The number of carboxylic acids is 1. The molecule has 0 spiro atoms. The summed E-state index contributed by atoms with van der Waals surface area (Å²) in [6.07, 6.45) is 0.657. The van der Waals surface area contributed by atoms with Crippen LogP contribution in [-0.4, -0.2) is 35.2 Å². The highest BCUT2D eigenvalue weighted by molar-refractivity contribution is 14.1. The number of anilines is 1. The first-order valence-corrected chi connectivity index (χ1v) is 12.4. The minimum atomic E-state index is -0.931. The number of fused-ring (bicyclic) bond motifs is 3. The summed E-state index contributed by atoms with van der Waals surface area (Å²) in [4.78, 5) is 36.2. The Labute approximate surface area is 216 Å². The van der Waals surface area contributed by atoms with Crippen molar-refractivity contribution < 1.29 is 24.2 Å². The Morgan fingerprint density at radius 2 is 1.60 bits per heavy atom. The van der Waals surface area contributed by atoms with E-state index >= 15 is 0 Å². The Kier molecular flexibility index (Phi) is 6.22. The Morgan fingerprint density at radius 1 is 0.971 bits per heavy atom. The molecule has 3 aromatic carbocycles. The van der Waals surface area contributed by atoms with Gasteiger partial charge in [0.15, 0.2) is 0 Å². The molecule has 0 saturated heterocycles. The minimum Gasteiger partial charge on any atom is -0.481 e. The number of nitrogens with one attached hydrogen (secondary N) is 2. The van der Waals surface area contributed by atoms with E-state index in [2.05, 4.69) is 34.9 Å². The van der Waals surface area contributed by atoms with Crippen LogP contribution < -0.4 is 10.6 Å². The van der Waals surface area contributed by atoms with Gasteiger partial charge in [-0.25, -0.2) is 4.79 Å². The summed E-state index contributed by atoms with van der Waals surface area (Å²) in [5.74, 6) is -1.28. The van der Waals surface area contributed by atoms with E-state index < -0.39 is 17.6 Å². The second-order valence-corrected chi connectivity index (χ2v) is 10.1. The number of benzene rings is 3. The molecule has 2 amide bonds. The molecular weight excluding hydrogens is 559 g/mol. The fourth-order valence-electron chi connectivity index (χ4n) is 4.60. The molecular formula is C27H23IN2O5. The van der Waals surface area contributed by atoms with Crippen molar-refractivity contribution in [2.24, 2.45) is 0 Å². The van der Waals surface area contributed by atoms with Gasteiger partial charge in [-0.15, -0.1) is 0 Å². The minimum absolute atomic E-state index is 0.0289. The standard InChI is InChI=1S/C27H23IN2O5/c28-22-13-16(25(33)30-27(11-12-27)14-24(31)32)9-10-23(22)29-26(34)35-15-21-19-7-3-1-5-17(19)18-6-2-4-8-20(18)21/h1-10,13,21H,11-12,14-15H2,(H,29,34)(H,30,33)(H,31,32). The number of aliphatic carboxylic acids is 1. The van der Waals surface area contributed by atoms with E-state index in [1.54, 1.807) is 18.2 Å². The van der Waals surface area contributed by atoms with Gasteiger partial charge in [-0.3, -0.25) is 14.9 Å². The SMILES string of the molecule is O=C(O)CC1(NC(=O)c2ccc(NC(=O)OCC3c4ccccc4-c4ccccc43)c(I)c2)CC1. The van der Waals surface area contributed by atoms with Crippen LogP contribution in [0.5, 0.6) is 0 Å². The fraction of sp³-hybridized carbons (Fsp3) is 0.222. The van der Waals surface area contributed by atoms with Gasteiger partial charge in [0.2, 0.25) is 0 Å². The largest absolute Gasteiger partial charge is 0.481 e. The number of hydrogen-bond acceptors (Lipinski definition) is 4. The lowest BCUT2D eigenvalue weighted by molar-refractivity contribution is -0.137. The molecule has 2 aliphatic rings. The summed E-state index contributed by atoms with van der Waals surface area (Å²) in [5, 5.41) is 14.6. The molecule has 178 valence electrons. The van der Waals surface area contributed by atoms with Gasteiger partial charge in [0, 0.05) is 15.1 Å². The number of carboxylic acid groups (broad SMARTS) is 1. The third kappa shape index (κ3) is 4.88. The molecule has 3 aromatic rings. The summed E-state index contributed by atoms with van der Waals surface area (Å²) in [5.41, 5.74) is 4.90. The van der Waals surface area contributed by atoms with Crippen LogP contribution >= 0.6 is 22.6 Å². The zero-order valence-electron chi connectivity index (χ0n) is 18.7. The van der Waals surface area contributed by atoms with Gasteiger partial charge >= 0.3 is 12.1 Å². The van der Waals surface area contributed by atoms with Crippen molar-refractivity contribution >= 4 is 46.2 Å². The molecule has 7 nitrogen and oxygen atoms in total. The average molecular weight is 582 g/mol. The summed E-state index contributed by atoms with van der Waals surface area (Å²) in [6.45, 7) is 0.211. The lowest BCUT2D eigenvalue weighted by atomic mass is 9.98. The number of rotatable bonds is 7. The predicted octanol–water partition coefficient (Wildman–Crippen LogP) is 5.39. The molecule has 8 heteroatoms. The topological polar surface area (TPSA) is 105 Å². The number of hydrogen-bond donors (Lipinski definition) is 3. The second kappa shape index (κ2) is 9.33. The molecule has 1 fully saturated rings. The molecule has 3 N–H and O–H groups in total. The first kappa shape index (κ1) is 23.3. The van der Waals surface area contributed by atoms with Crippen LogP contribution in [0.4, 0.5) is 10.5 Å². The van der Waals surface area contributed by atoms with Crippen molar-refractivity contribution in [1.82, 2.24) is 5.32 Å². The van der Waals surface area contributed by atoms with Crippen molar-refractivity contribution in [1.29, 1.82) is 0 Å². The lowest BCUT2D eigenvalue weighted by Crippen LogP contribution is -2.38. The van der Waals surface area contributed by atoms with Gasteiger partial charge in [-0.05, 0) is 75.9 Å². The van der Waals surface area contributed by atoms with Gasteiger partial charge in [-0.2, -0.15) is 0 Å². The Morgan fingerprint density at radius 3 is 2.17 bits per heavy atom. The highest BCUT2D eigenvalue weighted by Gasteiger charge is 2.46. The van der Waals surface area contributed by atoms with Crippen molar-refractivity contribution in [3.8, 4) is 11.1 Å². The van der Waals surface area contributed by atoms with Gasteiger partial charge in [0.25, 0.3) is 5.91 Å². The van der Waals surface area contributed by atoms with E-state index in [4.69, 9.17) is 9.84 Å². The maximum absolute atomic E-state index is 12.6. The van der Waals surface area contributed by atoms with Gasteiger partial charge in [0.1, 0.15) is 6.61 Å². The summed E-state index contributed by atoms with van der Waals surface area (Å²) >= 11 is 2.05. The number of amides is 2. The second-order valence-electron chi connectivity index (χ2n) is 8.95. The van der Waals surface area contributed by atoms with E-state index in [1.165, 1.54) is 0 Å². The molecule has 2 aliphatic carbocycles. The van der Waals surface area contributed by atoms with E-state index in [0.717, 1.165) is 22.3 Å². The van der Waals surface area contributed by atoms with Crippen molar-refractivity contribution in [2.75, 3.05) is 11.9 Å². The summed E-state index contributed by atoms with van der Waals surface area (Å²) in [6, 6.07) is 21.2. The van der Waals surface area contributed by atoms with Crippen LogP contribution in [0.2, 0.25) is 0 Å². The number of ether oxygens (including phenoxy) is 1. The van der Waals surface area contributed by atoms with Crippen LogP contribution in [0.15, 0.2) is 66.7 Å². The maximum atomic E-state index is 12.6. The zero-order chi connectivity index (χ0) is 24.6.